The van der Waals surface area contributed by atoms with Crippen molar-refractivity contribution in [2.45, 2.75) is 44.6 Å². The van der Waals surface area contributed by atoms with Crippen LogP contribution in [-0.2, 0) is 9.53 Å². The van der Waals surface area contributed by atoms with Gasteiger partial charge in [-0.05, 0) is 20.0 Å². The highest BCUT2D eigenvalue weighted by Gasteiger charge is 2.34. The van der Waals surface area contributed by atoms with Gasteiger partial charge in [0.2, 0.25) is 5.92 Å². The van der Waals surface area contributed by atoms with E-state index < -0.39 is 11.5 Å². The molecular weight excluding hydrogens is 240 g/mol. The first kappa shape index (κ1) is 15.1. The second-order valence-corrected chi connectivity index (χ2v) is 5.14. The zero-order valence-electron chi connectivity index (χ0n) is 11.2. The predicted molar refractivity (Wildman–Crippen MR) is 65.6 cm³/mol. The van der Waals surface area contributed by atoms with Crippen molar-refractivity contribution in [3.8, 4) is 0 Å². The van der Waals surface area contributed by atoms with Gasteiger partial charge in [-0.2, -0.15) is 0 Å². The maximum absolute atomic E-state index is 12.8. The molecule has 0 aromatic carbocycles. The van der Waals surface area contributed by atoms with Gasteiger partial charge >= 0.3 is 5.97 Å². The summed E-state index contributed by atoms with van der Waals surface area (Å²) in [6.07, 6.45) is 4.03. The van der Waals surface area contributed by atoms with Crippen molar-refractivity contribution in [1.29, 1.82) is 0 Å². The molecule has 0 saturated carbocycles. The van der Waals surface area contributed by atoms with Gasteiger partial charge in [-0.15, -0.1) is 0 Å². The van der Waals surface area contributed by atoms with E-state index >= 15 is 0 Å². The first-order valence-electron chi connectivity index (χ1n) is 6.16. The van der Waals surface area contributed by atoms with Gasteiger partial charge in [0.15, 0.2) is 0 Å². The molecule has 0 aromatic rings. The summed E-state index contributed by atoms with van der Waals surface area (Å²) in [6.45, 7) is 3.81. The van der Waals surface area contributed by atoms with Crippen LogP contribution in [0.25, 0.3) is 0 Å². The molecule has 0 unspecified atom stereocenters. The average molecular weight is 261 g/mol. The van der Waals surface area contributed by atoms with Crippen molar-refractivity contribution >= 4 is 5.97 Å². The van der Waals surface area contributed by atoms with Crippen molar-refractivity contribution in [2.75, 3.05) is 20.1 Å². The van der Waals surface area contributed by atoms with E-state index in [0.29, 0.717) is 12.8 Å². The lowest BCUT2D eigenvalue weighted by Gasteiger charge is -2.37. The van der Waals surface area contributed by atoms with Gasteiger partial charge in [-0.3, -0.25) is 4.79 Å². The first-order valence-corrected chi connectivity index (χ1v) is 6.16. The van der Waals surface area contributed by atoms with Gasteiger partial charge in [-0.1, -0.05) is 6.08 Å². The van der Waals surface area contributed by atoms with E-state index in [9.17, 15) is 13.6 Å². The Hall–Kier alpha value is -0.970. The number of carbonyl (C=O) groups excluding carboxylic acids is 1. The van der Waals surface area contributed by atoms with Gasteiger partial charge in [0.05, 0.1) is 0 Å². The zero-order valence-corrected chi connectivity index (χ0v) is 11.2. The summed E-state index contributed by atoms with van der Waals surface area (Å²) in [7, 11) is 1.99. The molecule has 5 heteroatoms. The summed E-state index contributed by atoms with van der Waals surface area (Å²) in [4.78, 5) is 13.3. The van der Waals surface area contributed by atoms with Crippen LogP contribution in [0.3, 0.4) is 0 Å². The second-order valence-electron chi connectivity index (χ2n) is 5.14. The third-order valence-electron chi connectivity index (χ3n) is 3.08. The van der Waals surface area contributed by atoms with Gasteiger partial charge in [0.1, 0.15) is 5.60 Å². The van der Waals surface area contributed by atoms with Crippen LogP contribution in [0, 0.1) is 0 Å². The number of esters is 1. The van der Waals surface area contributed by atoms with Crippen molar-refractivity contribution in [3.63, 3.8) is 0 Å². The summed E-state index contributed by atoms with van der Waals surface area (Å²) in [6, 6.07) is 0. The highest BCUT2D eigenvalue weighted by atomic mass is 19.3. The number of halogens is 2. The number of piperidine rings is 1. The summed E-state index contributed by atoms with van der Waals surface area (Å²) < 4.78 is 30.9. The fourth-order valence-electron chi connectivity index (χ4n) is 2.07. The van der Waals surface area contributed by atoms with E-state index in [1.54, 1.807) is 6.08 Å². The Morgan fingerprint density at radius 1 is 1.44 bits per heavy atom. The second kappa shape index (κ2) is 5.78. The maximum Gasteiger partial charge on any atom is 0.303 e. The molecule has 0 atom stereocenters. The fraction of sp³-hybridized carbons (Fsp3) is 0.769. The molecule has 0 aromatic heterocycles. The van der Waals surface area contributed by atoms with Crippen LogP contribution in [0.2, 0.25) is 0 Å². The van der Waals surface area contributed by atoms with Crippen LogP contribution >= 0.6 is 0 Å². The predicted octanol–water partition coefficient (Wildman–Crippen LogP) is 2.62. The Morgan fingerprint density at radius 2 is 2.00 bits per heavy atom. The third kappa shape index (κ3) is 5.12. The topological polar surface area (TPSA) is 29.5 Å². The summed E-state index contributed by atoms with van der Waals surface area (Å²) in [5, 5.41) is 0. The average Bonchev–Trinajstić information content (AvgIpc) is 2.20. The molecule has 1 saturated heterocycles. The largest absolute Gasteiger partial charge is 0.455 e. The standard InChI is InChI=1S/C13H21F2NO2/c1-11(17)18-13(6-4-5-12(2,14)15)7-9-16(3)10-8-13/h4,6H,5,7-10H2,1-3H3. The zero-order chi connectivity index (χ0) is 13.8. The van der Waals surface area contributed by atoms with Gasteiger partial charge in [0, 0.05) is 39.3 Å². The highest BCUT2D eigenvalue weighted by Crippen LogP contribution is 2.29. The Kier molecular flexibility index (Phi) is 4.85. The van der Waals surface area contributed by atoms with E-state index in [-0.39, 0.29) is 12.4 Å². The van der Waals surface area contributed by atoms with Crippen LogP contribution in [-0.4, -0.2) is 42.5 Å². The molecule has 1 fully saturated rings. The molecule has 0 radical (unpaired) electrons. The summed E-state index contributed by atoms with van der Waals surface area (Å²) in [5.41, 5.74) is -0.705. The molecule has 3 nitrogen and oxygen atoms in total. The molecule has 0 amide bonds. The lowest BCUT2D eigenvalue weighted by molar-refractivity contribution is -0.155. The molecule has 0 N–H and O–H groups in total. The quantitative estimate of drug-likeness (QED) is 0.575. The summed E-state index contributed by atoms with van der Waals surface area (Å²) >= 11 is 0. The third-order valence-corrected chi connectivity index (χ3v) is 3.08. The van der Waals surface area contributed by atoms with Crippen LogP contribution in [0.15, 0.2) is 12.2 Å². The van der Waals surface area contributed by atoms with Crippen LogP contribution < -0.4 is 0 Å². The maximum atomic E-state index is 12.8. The molecule has 0 bridgehead atoms. The Labute approximate surface area is 107 Å². The molecule has 104 valence electrons. The number of hydrogen-bond donors (Lipinski definition) is 0. The van der Waals surface area contributed by atoms with E-state index in [0.717, 1.165) is 20.0 Å². The van der Waals surface area contributed by atoms with Crippen molar-refractivity contribution < 1.29 is 18.3 Å². The number of hydrogen-bond acceptors (Lipinski definition) is 3. The Morgan fingerprint density at radius 3 is 2.44 bits per heavy atom. The van der Waals surface area contributed by atoms with E-state index in [2.05, 4.69) is 4.90 Å². The lowest BCUT2D eigenvalue weighted by Crippen LogP contribution is -2.44. The SMILES string of the molecule is CC(=O)OC1(C=CCC(C)(F)F)CCN(C)CC1. The highest BCUT2D eigenvalue weighted by molar-refractivity contribution is 5.66. The van der Waals surface area contributed by atoms with Crippen LogP contribution in [0.1, 0.15) is 33.1 Å². The normalized spacial score (nSPS) is 21.2. The van der Waals surface area contributed by atoms with Crippen molar-refractivity contribution in [2.24, 2.45) is 0 Å². The van der Waals surface area contributed by atoms with Crippen molar-refractivity contribution in [3.05, 3.63) is 12.2 Å². The number of likely N-dealkylation sites (tertiary alicyclic amines) is 1. The smallest absolute Gasteiger partial charge is 0.303 e. The number of alkyl halides is 2. The molecule has 18 heavy (non-hydrogen) atoms. The lowest BCUT2D eigenvalue weighted by atomic mass is 9.90. The molecular formula is C13H21F2NO2. The van der Waals surface area contributed by atoms with Gasteiger partial charge in [-0.25, -0.2) is 8.78 Å². The number of carbonyl (C=O) groups is 1. The Balaban J connectivity index is 2.69. The number of allylic oxidation sites excluding steroid dienone is 1. The Bertz CT molecular complexity index is 315. The minimum absolute atomic E-state index is 0.328. The minimum Gasteiger partial charge on any atom is -0.455 e. The number of ether oxygens (including phenoxy) is 1. The number of rotatable bonds is 4. The summed E-state index contributed by atoms with van der Waals surface area (Å²) in [5.74, 6) is -3.09. The van der Waals surface area contributed by atoms with E-state index in [4.69, 9.17) is 4.74 Å². The van der Waals surface area contributed by atoms with Crippen molar-refractivity contribution in [1.82, 2.24) is 4.90 Å². The molecule has 1 aliphatic rings. The van der Waals surface area contributed by atoms with Gasteiger partial charge in [0.25, 0.3) is 0 Å². The molecule has 1 aliphatic heterocycles. The molecule has 0 aliphatic carbocycles. The monoisotopic (exact) mass is 261 g/mol. The molecule has 1 heterocycles. The minimum atomic E-state index is -2.72. The van der Waals surface area contributed by atoms with Crippen LogP contribution in [0.5, 0.6) is 0 Å². The number of nitrogens with zero attached hydrogens (tertiary/aromatic N) is 1. The van der Waals surface area contributed by atoms with Gasteiger partial charge < -0.3 is 9.64 Å². The van der Waals surface area contributed by atoms with Crippen LogP contribution in [0.4, 0.5) is 8.78 Å². The fourth-order valence-corrected chi connectivity index (χ4v) is 2.07. The first-order chi connectivity index (χ1) is 8.22. The van der Waals surface area contributed by atoms with E-state index in [1.165, 1.54) is 13.0 Å². The molecule has 0 spiro atoms. The molecule has 1 rings (SSSR count). The van der Waals surface area contributed by atoms with E-state index in [1.807, 2.05) is 7.05 Å².